The van der Waals surface area contributed by atoms with Gasteiger partial charge in [0.05, 0.1) is 23.1 Å². The first-order valence-electron chi connectivity index (χ1n) is 9.41. The van der Waals surface area contributed by atoms with Crippen molar-refractivity contribution in [1.29, 1.82) is 0 Å². The number of benzene rings is 1. The van der Waals surface area contributed by atoms with Gasteiger partial charge in [0.25, 0.3) is 0 Å². The molecule has 1 saturated heterocycles. The molecule has 0 unspecified atom stereocenters. The first-order chi connectivity index (χ1) is 14.0. The number of sulfonamides is 1. The molecule has 0 radical (unpaired) electrons. The van der Waals surface area contributed by atoms with Gasteiger partial charge < -0.3 is 4.42 Å². The second kappa shape index (κ2) is 8.48. The summed E-state index contributed by atoms with van der Waals surface area (Å²) < 4.78 is 32.8. The molecule has 0 saturated carbocycles. The van der Waals surface area contributed by atoms with Crippen LogP contribution < -0.4 is 5.43 Å². The summed E-state index contributed by atoms with van der Waals surface area (Å²) in [6.45, 7) is 3.31. The predicted octanol–water partition coefficient (Wildman–Crippen LogP) is 4.27. The fourth-order valence-corrected chi connectivity index (χ4v) is 5.35. The number of thiazole rings is 1. The number of hydrazone groups is 1. The Balaban J connectivity index is 1.49. The van der Waals surface area contributed by atoms with Crippen molar-refractivity contribution in [3.63, 3.8) is 0 Å². The quantitative estimate of drug-likeness (QED) is 0.466. The number of hydrogen-bond donors (Lipinski definition) is 1. The van der Waals surface area contributed by atoms with E-state index < -0.39 is 10.0 Å². The zero-order chi connectivity index (χ0) is 20.3. The van der Waals surface area contributed by atoms with Crippen molar-refractivity contribution in [3.8, 4) is 11.3 Å². The lowest BCUT2D eigenvalue weighted by Crippen LogP contribution is -2.37. The van der Waals surface area contributed by atoms with Crippen molar-refractivity contribution in [2.75, 3.05) is 18.5 Å². The molecule has 0 amide bonds. The Bertz CT molecular complexity index is 1080. The van der Waals surface area contributed by atoms with Gasteiger partial charge >= 0.3 is 0 Å². The minimum absolute atomic E-state index is 0.308. The molecule has 0 spiro atoms. The van der Waals surface area contributed by atoms with Gasteiger partial charge in [-0.3, -0.25) is 5.43 Å². The molecule has 4 rings (SSSR count). The van der Waals surface area contributed by atoms with E-state index in [9.17, 15) is 8.42 Å². The van der Waals surface area contributed by atoms with Gasteiger partial charge in [0.1, 0.15) is 5.76 Å². The topological polar surface area (TPSA) is 87.8 Å². The van der Waals surface area contributed by atoms with Crippen LogP contribution in [-0.2, 0) is 10.0 Å². The van der Waals surface area contributed by atoms with Gasteiger partial charge in [-0.1, -0.05) is 19.1 Å². The molecule has 1 aliphatic heterocycles. The van der Waals surface area contributed by atoms with Crippen molar-refractivity contribution >= 4 is 32.7 Å². The fraction of sp³-hybridized carbons (Fsp3) is 0.300. The minimum Gasteiger partial charge on any atom is -0.463 e. The number of nitrogens with zero attached hydrogens (tertiary/aromatic N) is 3. The van der Waals surface area contributed by atoms with Gasteiger partial charge in [0.2, 0.25) is 15.2 Å². The van der Waals surface area contributed by atoms with E-state index in [0.29, 0.717) is 40.5 Å². The number of rotatable bonds is 6. The van der Waals surface area contributed by atoms with E-state index in [0.717, 1.165) is 18.4 Å². The highest BCUT2D eigenvalue weighted by Crippen LogP contribution is 2.29. The molecule has 1 aromatic carbocycles. The zero-order valence-corrected chi connectivity index (χ0v) is 17.6. The van der Waals surface area contributed by atoms with Crippen LogP contribution in [0.15, 0.2) is 62.5 Å². The average molecular weight is 431 g/mol. The Morgan fingerprint density at radius 3 is 2.86 bits per heavy atom. The van der Waals surface area contributed by atoms with Crippen LogP contribution >= 0.6 is 11.3 Å². The first-order valence-corrected chi connectivity index (χ1v) is 11.7. The maximum Gasteiger partial charge on any atom is 0.243 e. The van der Waals surface area contributed by atoms with Crippen LogP contribution in [0.4, 0.5) is 5.13 Å². The van der Waals surface area contributed by atoms with Crippen LogP contribution in [0.5, 0.6) is 0 Å². The molecule has 0 aliphatic carbocycles. The summed E-state index contributed by atoms with van der Waals surface area (Å²) >= 11 is 1.40. The normalized spacial score (nSPS) is 16.4. The lowest BCUT2D eigenvalue weighted by Gasteiger charge is -2.29. The summed E-state index contributed by atoms with van der Waals surface area (Å²) in [7, 11) is -3.49. The minimum atomic E-state index is -3.49. The van der Waals surface area contributed by atoms with Crippen molar-refractivity contribution in [3.05, 3.63) is 53.8 Å². The molecular formula is C20H22N4O3S2. The van der Waals surface area contributed by atoms with Gasteiger partial charge in [-0.25, -0.2) is 13.4 Å². The molecule has 9 heteroatoms. The van der Waals surface area contributed by atoms with Crippen LogP contribution in [-0.4, -0.2) is 37.0 Å². The van der Waals surface area contributed by atoms with Crippen LogP contribution in [0.2, 0.25) is 0 Å². The van der Waals surface area contributed by atoms with Crippen LogP contribution in [0.1, 0.15) is 25.5 Å². The maximum atomic E-state index is 13.0. The molecular weight excluding hydrogens is 408 g/mol. The molecule has 29 heavy (non-hydrogen) atoms. The summed E-state index contributed by atoms with van der Waals surface area (Å²) in [6, 6.07) is 10.6. The molecule has 1 N–H and O–H groups in total. The van der Waals surface area contributed by atoms with E-state index in [1.165, 1.54) is 11.3 Å². The molecule has 1 fully saturated rings. The Hall–Kier alpha value is -2.49. The highest BCUT2D eigenvalue weighted by atomic mass is 32.2. The summed E-state index contributed by atoms with van der Waals surface area (Å²) in [5.74, 6) is 1.21. The third kappa shape index (κ3) is 4.58. The van der Waals surface area contributed by atoms with Crippen LogP contribution in [0, 0.1) is 5.92 Å². The molecule has 3 heterocycles. The molecule has 2 aromatic heterocycles. The fourth-order valence-electron chi connectivity index (χ4n) is 3.16. The molecule has 0 atom stereocenters. The van der Waals surface area contributed by atoms with Gasteiger partial charge in [0, 0.05) is 24.0 Å². The summed E-state index contributed by atoms with van der Waals surface area (Å²) in [5, 5.41) is 6.58. The lowest BCUT2D eigenvalue weighted by atomic mass is 10.0. The van der Waals surface area contributed by atoms with Crippen molar-refractivity contribution < 1.29 is 12.8 Å². The Labute approximate surface area is 174 Å². The van der Waals surface area contributed by atoms with Crippen molar-refractivity contribution in [2.24, 2.45) is 11.0 Å². The molecule has 152 valence electrons. The first kappa shape index (κ1) is 19.8. The maximum absolute atomic E-state index is 13.0. The van der Waals surface area contributed by atoms with E-state index in [-0.39, 0.29) is 0 Å². The van der Waals surface area contributed by atoms with E-state index in [1.54, 1.807) is 47.1 Å². The predicted molar refractivity (Wildman–Crippen MR) is 115 cm³/mol. The number of furan rings is 1. The van der Waals surface area contributed by atoms with Gasteiger partial charge in [-0.2, -0.15) is 9.41 Å². The van der Waals surface area contributed by atoms with E-state index >= 15 is 0 Å². The smallest absolute Gasteiger partial charge is 0.243 e. The van der Waals surface area contributed by atoms with Gasteiger partial charge in [-0.15, -0.1) is 11.3 Å². The monoisotopic (exact) mass is 430 g/mol. The van der Waals surface area contributed by atoms with E-state index in [4.69, 9.17) is 4.42 Å². The highest BCUT2D eigenvalue weighted by Gasteiger charge is 2.28. The lowest BCUT2D eigenvalue weighted by molar-refractivity contribution is 0.288. The van der Waals surface area contributed by atoms with Gasteiger partial charge in [0.15, 0.2) is 0 Å². The van der Waals surface area contributed by atoms with E-state index in [2.05, 4.69) is 22.4 Å². The third-order valence-corrected chi connectivity index (χ3v) is 7.55. The van der Waals surface area contributed by atoms with Crippen LogP contribution in [0.25, 0.3) is 11.3 Å². The molecule has 1 aliphatic rings. The number of nitrogens with one attached hydrogen (secondary N) is 1. The average Bonchev–Trinajstić information content (AvgIpc) is 3.41. The summed E-state index contributed by atoms with van der Waals surface area (Å²) in [4.78, 5) is 4.81. The molecule has 7 nitrogen and oxygen atoms in total. The molecule has 0 bridgehead atoms. The third-order valence-electron chi connectivity index (χ3n) is 4.91. The number of anilines is 1. The van der Waals surface area contributed by atoms with Gasteiger partial charge in [-0.05, 0) is 43.0 Å². The van der Waals surface area contributed by atoms with E-state index in [1.807, 2.05) is 11.4 Å². The Morgan fingerprint density at radius 2 is 2.10 bits per heavy atom. The number of piperidine rings is 1. The summed E-state index contributed by atoms with van der Waals surface area (Å²) in [6.07, 6.45) is 4.94. The van der Waals surface area contributed by atoms with Crippen molar-refractivity contribution in [2.45, 2.75) is 24.7 Å². The highest BCUT2D eigenvalue weighted by molar-refractivity contribution is 7.89. The number of hydrogen-bond acceptors (Lipinski definition) is 7. The standard InChI is InChI=1S/C20H22N4O3S2/c1-15-7-9-24(10-8-15)29(25,26)18-6-2-4-16(12-18)19-14-28-20(22-19)23-21-13-17-5-3-11-27-17/h2-6,11-15H,7-10H2,1H3,(H,22,23)/b21-13+. The van der Waals surface area contributed by atoms with Crippen LogP contribution in [0.3, 0.4) is 0 Å². The summed E-state index contributed by atoms with van der Waals surface area (Å²) in [5.41, 5.74) is 4.33. The SMILES string of the molecule is CC1CCN(S(=O)(=O)c2cccc(-c3csc(N/N=C/c4ccco4)n3)c2)CC1. The Kier molecular flexibility index (Phi) is 5.79. The number of aromatic nitrogens is 1. The zero-order valence-electron chi connectivity index (χ0n) is 16.0. The Morgan fingerprint density at radius 1 is 1.28 bits per heavy atom. The van der Waals surface area contributed by atoms with Crippen molar-refractivity contribution in [1.82, 2.24) is 9.29 Å². The second-order valence-electron chi connectivity index (χ2n) is 7.04. The largest absolute Gasteiger partial charge is 0.463 e. The second-order valence-corrected chi connectivity index (χ2v) is 9.83. The molecule has 3 aromatic rings.